The van der Waals surface area contributed by atoms with Crippen molar-refractivity contribution >= 4 is 11.8 Å². The fraction of sp³-hybridized carbons (Fsp3) is 0.310. The second kappa shape index (κ2) is 9.62. The average molecular weight is 443 g/mol. The summed E-state index contributed by atoms with van der Waals surface area (Å²) in [6.07, 6.45) is 3.45. The second-order valence-corrected chi connectivity index (χ2v) is 9.18. The van der Waals surface area contributed by atoms with Gasteiger partial charge in [0.1, 0.15) is 5.75 Å². The molecule has 4 rings (SSSR count). The third-order valence-corrected chi connectivity index (χ3v) is 6.73. The lowest BCUT2D eigenvalue weighted by atomic mass is 9.78. The predicted octanol–water partition coefficient (Wildman–Crippen LogP) is 5.62. The first-order valence-electron chi connectivity index (χ1n) is 11.5. The van der Waals surface area contributed by atoms with Gasteiger partial charge in [0.05, 0.1) is 12.5 Å². The van der Waals surface area contributed by atoms with Gasteiger partial charge in [-0.2, -0.15) is 0 Å². The van der Waals surface area contributed by atoms with Gasteiger partial charge in [0.25, 0.3) is 0 Å². The summed E-state index contributed by atoms with van der Waals surface area (Å²) in [6.45, 7) is 2.09. The lowest BCUT2D eigenvalue weighted by Gasteiger charge is -2.23. The Bertz CT molecular complexity index is 1150. The molecule has 0 unspecified atom stereocenters. The molecular formula is C29H30O4. The quantitative estimate of drug-likeness (QED) is 0.437. The number of aryl methyl sites for hydroxylation is 3. The summed E-state index contributed by atoms with van der Waals surface area (Å²) in [5.41, 5.74) is 5.06. The lowest BCUT2D eigenvalue weighted by Crippen LogP contribution is -2.34. The molecule has 0 atom stereocenters. The van der Waals surface area contributed by atoms with Gasteiger partial charge in [-0.05, 0) is 79.5 Å². The van der Waals surface area contributed by atoms with Crippen molar-refractivity contribution < 1.29 is 19.4 Å². The maximum atomic E-state index is 13.2. The van der Waals surface area contributed by atoms with Crippen molar-refractivity contribution in [1.29, 1.82) is 0 Å². The van der Waals surface area contributed by atoms with Crippen LogP contribution in [0.4, 0.5) is 0 Å². The van der Waals surface area contributed by atoms with Gasteiger partial charge >= 0.3 is 5.97 Å². The molecule has 0 aromatic heterocycles. The SMILES string of the molecule is COc1ccc(C(=O)CC2(C(=O)O)Cc3ccccc3C2)cc1CCCc1cccc(C)c1. The number of carbonyl (C=O) groups excluding carboxylic acids is 1. The van der Waals surface area contributed by atoms with E-state index in [1.807, 2.05) is 36.4 Å². The Morgan fingerprint density at radius 3 is 2.30 bits per heavy atom. The number of aliphatic carboxylic acids is 1. The van der Waals surface area contributed by atoms with E-state index in [9.17, 15) is 14.7 Å². The Morgan fingerprint density at radius 2 is 1.67 bits per heavy atom. The molecule has 1 N–H and O–H groups in total. The van der Waals surface area contributed by atoms with Gasteiger partial charge < -0.3 is 9.84 Å². The molecule has 33 heavy (non-hydrogen) atoms. The summed E-state index contributed by atoms with van der Waals surface area (Å²) in [6, 6.07) is 21.7. The number of carbonyl (C=O) groups is 2. The number of fused-ring (bicyclic) bond motifs is 1. The van der Waals surface area contributed by atoms with Crippen LogP contribution in [0.2, 0.25) is 0 Å². The summed E-state index contributed by atoms with van der Waals surface area (Å²) in [4.78, 5) is 25.5. The summed E-state index contributed by atoms with van der Waals surface area (Å²) in [7, 11) is 1.63. The Hall–Kier alpha value is -3.40. The lowest BCUT2D eigenvalue weighted by molar-refractivity contribution is -0.148. The topological polar surface area (TPSA) is 63.6 Å². The van der Waals surface area contributed by atoms with E-state index >= 15 is 0 Å². The molecule has 170 valence electrons. The van der Waals surface area contributed by atoms with E-state index in [1.54, 1.807) is 13.2 Å². The number of rotatable bonds is 9. The first-order chi connectivity index (χ1) is 15.9. The molecule has 0 saturated heterocycles. The molecule has 0 bridgehead atoms. The van der Waals surface area contributed by atoms with Crippen LogP contribution >= 0.6 is 0 Å². The van der Waals surface area contributed by atoms with Crippen LogP contribution in [0.3, 0.4) is 0 Å². The number of carboxylic acid groups (broad SMARTS) is 1. The fourth-order valence-corrected chi connectivity index (χ4v) is 4.95. The van der Waals surface area contributed by atoms with Crippen LogP contribution in [0.15, 0.2) is 66.7 Å². The smallest absolute Gasteiger partial charge is 0.310 e. The van der Waals surface area contributed by atoms with Crippen molar-refractivity contribution in [2.24, 2.45) is 5.41 Å². The van der Waals surface area contributed by atoms with Gasteiger partial charge in [0.15, 0.2) is 5.78 Å². The number of ether oxygens (including phenoxy) is 1. The monoisotopic (exact) mass is 442 g/mol. The number of hydrogen-bond acceptors (Lipinski definition) is 3. The van der Waals surface area contributed by atoms with Crippen molar-refractivity contribution in [3.8, 4) is 5.75 Å². The average Bonchev–Trinajstić information content (AvgIpc) is 3.18. The maximum absolute atomic E-state index is 13.2. The molecular weight excluding hydrogens is 412 g/mol. The van der Waals surface area contributed by atoms with Crippen LogP contribution < -0.4 is 4.74 Å². The highest BCUT2D eigenvalue weighted by atomic mass is 16.5. The maximum Gasteiger partial charge on any atom is 0.310 e. The fourth-order valence-electron chi connectivity index (χ4n) is 4.95. The highest BCUT2D eigenvalue weighted by Gasteiger charge is 2.45. The van der Waals surface area contributed by atoms with Gasteiger partial charge in [-0.1, -0.05) is 54.1 Å². The van der Waals surface area contributed by atoms with E-state index in [0.717, 1.165) is 41.7 Å². The van der Waals surface area contributed by atoms with Gasteiger partial charge in [-0.25, -0.2) is 0 Å². The Kier molecular flexibility index (Phi) is 6.64. The van der Waals surface area contributed by atoms with E-state index < -0.39 is 11.4 Å². The molecule has 3 aromatic rings. The van der Waals surface area contributed by atoms with E-state index in [2.05, 4.69) is 31.2 Å². The van der Waals surface area contributed by atoms with Crippen LogP contribution in [-0.2, 0) is 30.5 Å². The van der Waals surface area contributed by atoms with Crippen molar-refractivity contribution in [3.63, 3.8) is 0 Å². The number of ketones is 1. The molecule has 4 nitrogen and oxygen atoms in total. The van der Waals surface area contributed by atoms with E-state index in [-0.39, 0.29) is 12.2 Å². The molecule has 0 saturated carbocycles. The largest absolute Gasteiger partial charge is 0.496 e. The minimum absolute atomic E-state index is 0.00786. The highest BCUT2D eigenvalue weighted by Crippen LogP contribution is 2.41. The van der Waals surface area contributed by atoms with E-state index in [1.165, 1.54) is 11.1 Å². The number of Topliss-reactive ketones (excluding diaryl/α,β-unsaturated/α-hetero) is 1. The molecule has 0 heterocycles. The van der Waals surface area contributed by atoms with E-state index in [0.29, 0.717) is 18.4 Å². The summed E-state index contributed by atoms with van der Waals surface area (Å²) in [5.74, 6) is -0.274. The molecule has 1 aliphatic rings. The standard InChI is InChI=1S/C29H30O4/c1-20-7-5-8-21(15-20)9-6-12-23-16-22(13-14-27(23)33-2)26(30)19-29(28(31)32)17-24-10-3-4-11-25(24)18-29/h3-5,7-8,10-11,13-16H,6,9,12,17-19H2,1-2H3,(H,31,32). The third kappa shape index (κ3) is 5.00. The molecule has 1 aliphatic carbocycles. The van der Waals surface area contributed by atoms with Gasteiger partial charge in [-0.15, -0.1) is 0 Å². The Labute approximate surface area is 195 Å². The molecule has 0 aliphatic heterocycles. The van der Waals surface area contributed by atoms with Crippen LogP contribution in [-0.4, -0.2) is 24.0 Å². The summed E-state index contributed by atoms with van der Waals surface area (Å²) < 4.78 is 5.53. The van der Waals surface area contributed by atoms with Gasteiger partial charge in [-0.3, -0.25) is 9.59 Å². The Morgan fingerprint density at radius 1 is 0.939 bits per heavy atom. The first kappa shape index (κ1) is 22.8. The van der Waals surface area contributed by atoms with Crippen LogP contribution in [0.1, 0.15) is 51.0 Å². The molecule has 4 heteroatoms. The highest BCUT2D eigenvalue weighted by molar-refractivity contribution is 5.99. The summed E-state index contributed by atoms with van der Waals surface area (Å²) in [5, 5.41) is 10.0. The van der Waals surface area contributed by atoms with Crippen molar-refractivity contribution in [3.05, 3.63) is 100 Å². The third-order valence-electron chi connectivity index (χ3n) is 6.73. The van der Waals surface area contributed by atoms with Crippen molar-refractivity contribution in [2.45, 2.75) is 45.4 Å². The molecule has 0 radical (unpaired) electrons. The normalized spacial score (nSPS) is 14.0. The molecule has 0 amide bonds. The predicted molar refractivity (Wildman–Crippen MR) is 129 cm³/mol. The number of benzene rings is 3. The summed E-state index contributed by atoms with van der Waals surface area (Å²) >= 11 is 0. The van der Waals surface area contributed by atoms with Crippen molar-refractivity contribution in [2.75, 3.05) is 7.11 Å². The van der Waals surface area contributed by atoms with Crippen LogP contribution in [0, 0.1) is 12.3 Å². The molecule has 0 fully saturated rings. The zero-order valence-corrected chi connectivity index (χ0v) is 19.3. The minimum atomic E-state index is -1.08. The number of methoxy groups -OCH3 is 1. The minimum Gasteiger partial charge on any atom is -0.496 e. The zero-order chi connectivity index (χ0) is 23.4. The molecule has 3 aromatic carbocycles. The van der Waals surface area contributed by atoms with Crippen LogP contribution in [0.5, 0.6) is 5.75 Å². The van der Waals surface area contributed by atoms with E-state index in [4.69, 9.17) is 4.74 Å². The first-order valence-corrected chi connectivity index (χ1v) is 11.5. The zero-order valence-electron chi connectivity index (χ0n) is 19.3. The molecule has 0 spiro atoms. The number of hydrogen-bond donors (Lipinski definition) is 1. The van der Waals surface area contributed by atoms with Crippen molar-refractivity contribution in [1.82, 2.24) is 0 Å². The van der Waals surface area contributed by atoms with Gasteiger partial charge in [0.2, 0.25) is 0 Å². The second-order valence-electron chi connectivity index (χ2n) is 9.18. The Balaban J connectivity index is 1.49. The van der Waals surface area contributed by atoms with Gasteiger partial charge in [0, 0.05) is 12.0 Å². The van der Waals surface area contributed by atoms with Crippen LogP contribution in [0.25, 0.3) is 0 Å². The number of carboxylic acids is 1.